The first-order valence-electron chi connectivity index (χ1n) is 11.8. The highest BCUT2D eigenvalue weighted by molar-refractivity contribution is 5.86. The molecule has 1 aliphatic rings. The molecule has 1 aromatic heterocycles. The summed E-state index contributed by atoms with van der Waals surface area (Å²) in [4.78, 5) is 0. The van der Waals surface area contributed by atoms with Gasteiger partial charge in [0.2, 0.25) is 5.69 Å². The molecule has 0 amide bonds. The fraction of sp³-hybridized carbons (Fsp3) is 0.321. The number of nitrogens with zero attached hydrogens (tertiary/aromatic N) is 1. The molecule has 2 aromatic carbocycles. The zero-order chi connectivity index (χ0) is 23.5. The molecule has 0 unspecified atom stereocenters. The van der Waals surface area contributed by atoms with E-state index in [-0.39, 0.29) is 10.8 Å². The monoisotopic (exact) mass is 385 g/mol. The lowest BCUT2D eigenvalue weighted by Gasteiger charge is -2.46. The third kappa shape index (κ3) is 3.13. The van der Waals surface area contributed by atoms with Crippen molar-refractivity contribution >= 4 is 5.57 Å². The molecular formula is C28H32N+. The van der Waals surface area contributed by atoms with Gasteiger partial charge in [-0.25, -0.2) is 4.57 Å². The van der Waals surface area contributed by atoms with Gasteiger partial charge in [0.05, 0.1) is 0 Å². The van der Waals surface area contributed by atoms with Gasteiger partial charge in [-0.15, -0.1) is 0 Å². The predicted molar refractivity (Wildman–Crippen MR) is 123 cm³/mol. The normalized spacial score (nSPS) is 18.8. The summed E-state index contributed by atoms with van der Waals surface area (Å²) in [6, 6.07) is 18.9. The van der Waals surface area contributed by atoms with Gasteiger partial charge in [-0.2, -0.15) is 0 Å². The Bertz CT molecular complexity index is 1220. The van der Waals surface area contributed by atoms with Crippen LogP contribution >= 0.6 is 0 Å². The van der Waals surface area contributed by atoms with E-state index >= 15 is 0 Å². The van der Waals surface area contributed by atoms with E-state index in [9.17, 15) is 0 Å². The van der Waals surface area contributed by atoms with Crippen molar-refractivity contribution in [2.24, 2.45) is 12.5 Å². The van der Waals surface area contributed by atoms with Crippen molar-refractivity contribution in [3.05, 3.63) is 94.7 Å². The van der Waals surface area contributed by atoms with Crippen LogP contribution in [0.1, 0.15) is 59.6 Å². The van der Waals surface area contributed by atoms with E-state index in [4.69, 9.17) is 4.11 Å². The van der Waals surface area contributed by atoms with E-state index < -0.39 is 6.85 Å². The van der Waals surface area contributed by atoms with Crippen LogP contribution in [-0.4, -0.2) is 0 Å². The lowest BCUT2D eigenvalue weighted by atomic mass is 9.58. The van der Waals surface area contributed by atoms with Crippen LogP contribution in [-0.2, 0) is 12.5 Å². The molecule has 1 heterocycles. The van der Waals surface area contributed by atoms with Gasteiger partial charge in [0, 0.05) is 21.3 Å². The number of rotatable bonds is 2. The van der Waals surface area contributed by atoms with E-state index in [0.717, 1.165) is 11.3 Å². The van der Waals surface area contributed by atoms with E-state index in [1.165, 1.54) is 27.8 Å². The van der Waals surface area contributed by atoms with Gasteiger partial charge in [0.1, 0.15) is 7.05 Å². The molecule has 1 heteroatoms. The first-order chi connectivity index (χ1) is 14.8. The molecule has 0 N–H and O–H groups in total. The minimum atomic E-state index is -2.11. The molecule has 148 valence electrons. The Kier molecular flexibility index (Phi) is 3.73. The van der Waals surface area contributed by atoms with Crippen molar-refractivity contribution in [2.45, 2.75) is 46.9 Å². The summed E-state index contributed by atoms with van der Waals surface area (Å²) in [6.07, 6.45) is 4.14. The Labute approximate surface area is 180 Å². The molecule has 4 rings (SSSR count). The lowest BCUT2D eigenvalue weighted by Crippen LogP contribution is -2.39. The number of allylic oxidation sites excluding steroid dienone is 1. The zero-order valence-corrected chi connectivity index (χ0v) is 18.3. The fourth-order valence-corrected chi connectivity index (χ4v) is 4.43. The highest BCUT2D eigenvalue weighted by Gasteiger charge is 2.42. The summed E-state index contributed by atoms with van der Waals surface area (Å²) >= 11 is 0. The summed E-state index contributed by atoms with van der Waals surface area (Å²) < 4.78 is 25.1. The van der Waals surface area contributed by atoms with Crippen molar-refractivity contribution in [1.82, 2.24) is 0 Å². The van der Waals surface area contributed by atoms with Crippen LogP contribution in [0.2, 0.25) is 0 Å². The molecule has 3 aromatic rings. The van der Waals surface area contributed by atoms with Crippen LogP contribution in [0.25, 0.3) is 16.8 Å². The fourth-order valence-electron chi connectivity index (χ4n) is 4.43. The molecule has 0 radical (unpaired) electrons. The van der Waals surface area contributed by atoms with E-state index in [1.54, 1.807) is 12.3 Å². The Balaban J connectivity index is 1.96. The van der Waals surface area contributed by atoms with E-state index in [0.29, 0.717) is 5.56 Å². The molecule has 0 aliphatic heterocycles. The van der Waals surface area contributed by atoms with Crippen LogP contribution in [0.3, 0.4) is 0 Å². The molecule has 0 atom stereocenters. The SMILES string of the molecule is [2H]C([2H])([2H])c1ccc(-c2cc3c(cc2C)C(C)(C)C(C)(C)C=C3c2ccccc2)[n+](C)c1. The molecule has 29 heavy (non-hydrogen) atoms. The van der Waals surface area contributed by atoms with Crippen molar-refractivity contribution in [3.63, 3.8) is 0 Å². The Hall–Kier alpha value is -2.67. The Morgan fingerprint density at radius 3 is 2.28 bits per heavy atom. The summed E-state index contributed by atoms with van der Waals surface area (Å²) in [7, 11) is 1.92. The quantitative estimate of drug-likeness (QED) is 0.441. The number of aromatic nitrogens is 1. The largest absolute Gasteiger partial charge is 0.212 e. The Morgan fingerprint density at radius 2 is 1.62 bits per heavy atom. The van der Waals surface area contributed by atoms with Crippen molar-refractivity contribution in [2.75, 3.05) is 0 Å². The van der Waals surface area contributed by atoms with Crippen LogP contribution in [0.5, 0.6) is 0 Å². The van der Waals surface area contributed by atoms with E-state index in [2.05, 4.69) is 83.2 Å². The number of benzene rings is 2. The molecule has 1 aliphatic carbocycles. The maximum Gasteiger partial charge on any atom is 0.212 e. The van der Waals surface area contributed by atoms with Crippen molar-refractivity contribution in [3.8, 4) is 11.3 Å². The minimum Gasteiger partial charge on any atom is -0.201 e. The van der Waals surface area contributed by atoms with Crippen molar-refractivity contribution < 1.29 is 8.68 Å². The Morgan fingerprint density at radius 1 is 0.897 bits per heavy atom. The predicted octanol–water partition coefficient (Wildman–Crippen LogP) is 6.54. The maximum atomic E-state index is 7.73. The van der Waals surface area contributed by atoms with Gasteiger partial charge in [0.15, 0.2) is 6.20 Å². The molecule has 0 bridgehead atoms. The molecule has 0 saturated heterocycles. The van der Waals surface area contributed by atoms with Crippen LogP contribution in [0.15, 0.2) is 66.9 Å². The second kappa shape index (κ2) is 6.69. The first kappa shape index (κ1) is 16.2. The van der Waals surface area contributed by atoms with Crippen LogP contribution in [0.4, 0.5) is 0 Å². The van der Waals surface area contributed by atoms with Gasteiger partial charge in [-0.3, -0.25) is 0 Å². The number of hydrogen-bond acceptors (Lipinski definition) is 0. The van der Waals surface area contributed by atoms with Crippen LogP contribution in [0, 0.1) is 19.2 Å². The second-order valence-corrected chi connectivity index (χ2v) is 9.40. The van der Waals surface area contributed by atoms with Gasteiger partial charge >= 0.3 is 0 Å². The van der Waals surface area contributed by atoms with Gasteiger partial charge in [-0.05, 0) is 64.6 Å². The summed E-state index contributed by atoms with van der Waals surface area (Å²) in [5.74, 6) is 0. The van der Waals surface area contributed by atoms with Crippen molar-refractivity contribution in [1.29, 1.82) is 0 Å². The maximum absolute atomic E-state index is 7.73. The highest BCUT2D eigenvalue weighted by atomic mass is 14.9. The number of hydrogen-bond donors (Lipinski definition) is 0. The smallest absolute Gasteiger partial charge is 0.201 e. The molecule has 0 fully saturated rings. The standard InChI is InChI=1S/C28H32N/c1-19-13-14-26(29(7)18-19)22-16-23-24(21-11-9-8-10-12-21)17-27(3,4)28(5,6)25(23)15-20(22)2/h8-18H,1-7H3/q+1/i1D3. The summed E-state index contributed by atoms with van der Waals surface area (Å²) in [6.45, 7) is 9.32. The van der Waals surface area contributed by atoms with Gasteiger partial charge in [0.25, 0.3) is 0 Å². The molecule has 0 saturated carbocycles. The third-order valence-electron chi connectivity index (χ3n) is 6.94. The number of fused-ring (bicyclic) bond motifs is 1. The summed E-state index contributed by atoms with van der Waals surface area (Å²) in [5.41, 5.74) is 8.72. The average Bonchev–Trinajstić information content (AvgIpc) is 2.71. The summed E-state index contributed by atoms with van der Waals surface area (Å²) in [5, 5.41) is 0. The van der Waals surface area contributed by atoms with Gasteiger partial charge < -0.3 is 0 Å². The van der Waals surface area contributed by atoms with E-state index in [1.807, 2.05) is 17.7 Å². The number of pyridine rings is 1. The second-order valence-electron chi connectivity index (χ2n) is 9.40. The minimum absolute atomic E-state index is 0.00877. The first-order valence-corrected chi connectivity index (χ1v) is 10.3. The topological polar surface area (TPSA) is 3.88 Å². The lowest BCUT2D eigenvalue weighted by molar-refractivity contribution is -0.660. The zero-order valence-electron chi connectivity index (χ0n) is 21.3. The molecule has 1 nitrogen and oxygen atoms in total. The average molecular weight is 386 g/mol. The van der Waals surface area contributed by atoms with Crippen LogP contribution < -0.4 is 4.57 Å². The number of aryl methyl sites for hydroxylation is 3. The molecule has 0 spiro atoms. The highest BCUT2D eigenvalue weighted by Crippen LogP contribution is 2.52. The van der Waals surface area contributed by atoms with Gasteiger partial charge in [-0.1, -0.05) is 70.2 Å². The molecular weight excluding hydrogens is 350 g/mol. The third-order valence-corrected chi connectivity index (χ3v) is 6.94.